The molecule has 38 heavy (non-hydrogen) atoms. The van der Waals surface area contributed by atoms with E-state index < -0.39 is 6.10 Å². The number of methoxy groups -OCH3 is 2. The molecule has 1 aromatic heterocycles. The molecule has 6 rings (SSSR count). The molecule has 2 N–H and O–H groups in total. The van der Waals surface area contributed by atoms with Crippen LogP contribution in [0.2, 0.25) is 0 Å². The van der Waals surface area contributed by atoms with Gasteiger partial charge in [0.25, 0.3) is 11.8 Å². The van der Waals surface area contributed by atoms with Gasteiger partial charge in [-0.05, 0) is 43.3 Å². The van der Waals surface area contributed by atoms with E-state index >= 15 is 0 Å². The van der Waals surface area contributed by atoms with Gasteiger partial charge in [-0.2, -0.15) is 5.10 Å². The van der Waals surface area contributed by atoms with Crippen LogP contribution in [0.25, 0.3) is 0 Å². The Hall–Kier alpha value is -4.54. The monoisotopic (exact) mass is 519 g/mol. The number of benzene rings is 2. The van der Waals surface area contributed by atoms with Crippen molar-refractivity contribution in [1.82, 2.24) is 20.8 Å². The lowest BCUT2D eigenvalue weighted by atomic mass is 10.1. The maximum atomic E-state index is 13.4. The van der Waals surface area contributed by atoms with E-state index in [0.717, 1.165) is 11.3 Å². The fraction of sp³-hybridized carbons (Fsp3) is 0.333. The van der Waals surface area contributed by atoms with Gasteiger partial charge in [0.2, 0.25) is 0 Å². The van der Waals surface area contributed by atoms with Gasteiger partial charge in [0, 0.05) is 36.3 Å². The first-order valence-electron chi connectivity index (χ1n) is 12.2. The minimum Gasteiger partial charge on any atom is -0.497 e. The molecule has 0 unspecified atom stereocenters. The number of aromatic nitrogens is 2. The molecule has 4 heterocycles. The quantitative estimate of drug-likeness (QED) is 0.534. The Morgan fingerprint density at radius 3 is 2.61 bits per heavy atom. The van der Waals surface area contributed by atoms with Gasteiger partial charge in [-0.3, -0.25) is 9.59 Å². The smallest absolute Gasteiger partial charge is 0.258 e. The van der Waals surface area contributed by atoms with E-state index in [1.54, 1.807) is 31.4 Å². The highest BCUT2D eigenvalue weighted by Gasteiger charge is 2.37. The van der Waals surface area contributed by atoms with Gasteiger partial charge in [0.15, 0.2) is 12.4 Å². The number of fused-ring (bicyclic) bond motifs is 7. The summed E-state index contributed by atoms with van der Waals surface area (Å²) in [6, 6.07) is 13.7. The van der Waals surface area contributed by atoms with Crippen LogP contribution >= 0.6 is 0 Å². The molecule has 11 heteroatoms. The fourth-order valence-corrected chi connectivity index (χ4v) is 4.45. The number of nitrogens with zero attached hydrogens (tertiary/aromatic N) is 3. The Balaban J connectivity index is 1.49. The average molecular weight is 520 g/mol. The third-order valence-corrected chi connectivity index (χ3v) is 6.46. The highest BCUT2D eigenvalue weighted by Crippen LogP contribution is 2.29. The lowest BCUT2D eigenvalue weighted by Crippen LogP contribution is -2.45. The van der Waals surface area contributed by atoms with Crippen molar-refractivity contribution in [1.29, 1.82) is 0 Å². The van der Waals surface area contributed by atoms with E-state index in [0.29, 0.717) is 47.5 Å². The van der Waals surface area contributed by atoms with Gasteiger partial charge < -0.3 is 34.5 Å². The number of ether oxygens (including phenoxy) is 4. The van der Waals surface area contributed by atoms with E-state index in [9.17, 15) is 9.59 Å². The zero-order valence-electron chi connectivity index (χ0n) is 21.4. The van der Waals surface area contributed by atoms with E-state index in [2.05, 4.69) is 20.8 Å². The van der Waals surface area contributed by atoms with E-state index in [-0.39, 0.29) is 31.0 Å². The Labute approximate surface area is 220 Å². The van der Waals surface area contributed by atoms with Crippen LogP contribution < -0.4 is 34.5 Å². The van der Waals surface area contributed by atoms with Gasteiger partial charge >= 0.3 is 0 Å². The molecular weight excluding hydrogens is 490 g/mol. The van der Waals surface area contributed by atoms with Crippen LogP contribution in [0.5, 0.6) is 23.0 Å². The molecule has 2 aromatic carbocycles. The van der Waals surface area contributed by atoms with Crippen LogP contribution in [-0.2, 0) is 11.3 Å². The zero-order valence-corrected chi connectivity index (χ0v) is 21.4. The summed E-state index contributed by atoms with van der Waals surface area (Å²) >= 11 is 0. The summed E-state index contributed by atoms with van der Waals surface area (Å²) in [6.45, 7) is 2.85. The van der Waals surface area contributed by atoms with Gasteiger partial charge in [-0.1, -0.05) is 0 Å². The third-order valence-electron chi connectivity index (χ3n) is 6.46. The number of aryl methyl sites for hydroxylation is 1. The number of carbonyl (C=O) groups is 2. The van der Waals surface area contributed by atoms with Gasteiger partial charge in [-0.25, -0.2) is 0 Å². The number of rotatable bonds is 3. The van der Waals surface area contributed by atoms with Gasteiger partial charge in [0.05, 0.1) is 32.5 Å². The number of amides is 2. The van der Waals surface area contributed by atoms with Crippen LogP contribution in [0, 0.1) is 6.92 Å². The first kappa shape index (κ1) is 25.1. The molecule has 2 atom stereocenters. The summed E-state index contributed by atoms with van der Waals surface area (Å²) < 4.78 is 23.0. The topological polar surface area (TPSA) is 124 Å². The standard InChI is InChI=1S/C27H29N5O6/c1-16-4-7-25(31-30-16)32-13-22-24(14-32)38-19-6-5-17(23(11-19)36-3)12-28-26(33)15-37-21-9-18(27(34)29-22)8-20(10-21)35-2/h4-11,22,24H,12-15H2,1-3H3,(H,28,33)(H,29,34)/t22-,24-/m0/s1. The molecule has 3 aliphatic heterocycles. The molecule has 198 valence electrons. The number of hydrogen-bond donors (Lipinski definition) is 2. The van der Waals surface area contributed by atoms with E-state index in [1.807, 2.05) is 36.1 Å². The zero-order chi connectivity index (χ0) is 26.6. The van der Waals surface area contributed by atoms with Crippen molar-refractivity contribution in [2.75, 3.05) is 38.8 Å². The van der Waals surface area contributed by atoms with Gasteiger partial charge in [-0.15, -0.1) is 5.10 Å². The van der Waals surface area contributed by atoms with Crippen LogP contribution in [0.15, 0.2) is 48.5 Å². The largest absolute Gasteiger partial charge is 0.497 e. The summed E-state index contributed by atoms with van der Waals surface area (Å²) in [4.78, 5) is 27.8. The molecule has 0 saturated carbocycles. The molecule has 2 amide bonds. The normalized spacial score (nSPS) is 19.4. The van der Waals surface area contributed by atoms with Crippen molar-refractivity contribution < 1.29 is 28.5 Å². The maximum absolute atomic E-state index is 13.4. The maximum Gasteiger partial charge on any atom is 0.258 e. The summed E-state index contributed by atoms with van der Waals surface area (Å²) in [5.41, 5.74) is 1.94. The second-order valence-electron chi connectivity index (χ2n) is 9.11. The van der Waals surface area contributed by atoms with Crippen molar-refractivity contribution in [3.63, 3.8) is 0 Å². The molecule has 1 saturated heterocycles. The fourth-order valence-electron chi connectivity index (χ4n) is 4.45. The molecule has 1 fully saturated rings. The minimum absolute atomic E-state index is 0.227. The van der Waals surface area contributed by atoms with Crippen molar-refractivity contribution >= 4 is 17.6 Å². The molecular formula is C27H29N5O6. The molecule has 3 aromatic rings. The molecule has 0 radical (unpaired) electrons. The second kappa shape index (κ2) is 10.8. The summed E-state index contributed by atoms with van der Waals surface area (Å²) in [7, 11) is 3.06. The Kier molecular flexibility index (Phi) is 7.16. The Bertz CT molecular complexity index is 1330. The predicted molar refractivity (Wildman–Crippen MR) is 138 cm³/mol. The van der Waals surface area contributed by atoms with Crippen LogP contribution in [-0.4, -0.2) is 68.1 Å². The van der Waals surface area contributed by atoms with Crippen LogP contribution in [0.4, 0.5) is 5.82 Å². The molecule has 3 aliphatic rings. The summed E-state index contributed by atoms with van der Waals surface area (Å²) in [5.74, 6) is 1.97. The van der Waals surface area contributed by atoms with Crippen molar-refractivity contribution in [3.8, 4) is 23.0 Å². The Morgan fingerprint density at radius 2 is 1.84 bits per heavy atom. The minimum atomic E-state index is -0.394. The second-order valence-corrected chi connectivity index (χ2v) is 9.11. The third kappa shape index (κ3) is 5.56. The number of carbonyl (C=O) groups excluding carboxylic acids is 2. The highest BCUT2D eigenvalue weighted by atomic mass is 16.5. The van der Waals surface area contributed by atoms with E-state index in [4.69, 9.17) is 18.9 Å². The van der Waals surface area contributed by atoms with Crippen molar-refractivity contribution in [3.05, 3.63) is 65.4 Å². The number of anilines is 1. The van der Waals surface area contributed by atoms with Crippen molar-refractivity contribution in [2.24, 2.45) is 0 Å². The van der Waals surface area contributed by atoms with Crippen molar-refractivity contribution in [2.45, 2.75) is 25.6 Å². The Morgan fingerprint density at radius 1 is 0.974 bits per heavy atom. The molecule has 4 bridgehead atoms. The number of nitrogens with one attached hydrogen (secondary N) is 2. The molecule has 0 aliphatic carbocycles. The first-order valence-corrected chi connectivity index (χ1v) is 12.2. The first-order chi connectivity index (χ1) is 18.4. The lowest BCUT2D eigenvalue weighted by molar-refractivity contribution is -0.123. The highest BCUT2D eigenvalue weighted by molar-refractivity contribution is 5.95. The molecule has 11 nitrogen and oxygen atoms in total. The SMILES string of the molecule is COc1cc2cc(c1)C(=O)N[C@H]1CN(c3ccc(C)nn3)C[C@@H]1Oc1ccc(c(OC)c1)CNC(=O)CO2. The van der Waals surface area contributed by atoms with Gasteiger partial charge in [0.1, 0.15) is 29.1 Å². The van der Waals surface area contributed by atoms with Crippen LogP contribution in [0.1, 0.15) is 21.6 Å². The predicted octanol–water partition coefficient (Wildman–Crippen LogP) is 1.88. The lowest BCUT2D eigenvalue weighted by Gasteiger charge is -2.22. The molecule has 0 spiro atoms. The van der Waals surface area contributed by atoms with E-state index in [1.165, 1.54) is 7.11 Å². The average Bonchev–Trinajstić information content (AvgIpc) is 3.32. The summed E-state index contributed by atoms with van der Waals surface area (Å²) in [6.07, 6.45) is -0.394. The summed E-state index contributed by atoms with van der Waals surface area (Å²) in [5, 5.41) is 14.4. The van der Waals surface area contributed by atoms with Crippen LogP contribution in [0.3, 0.4) is 0 Å². The number of hydrogen-bond acceptors (Lipinski definition) is 9.